The maximum atomic E-state index is 12.1. The second kappa shape index (κ2) is 8.39. The van der Waals surface area contributed by atoms with Crippen molar-refractivity contribution in [3.05, 3.63) is 12.2 Å². The zero-order valence-corrected chi connectivity index (χ0v) is 13.2. The summed E-state index contributed by atoms with van der Waals surface area (Å²) in [6.45, 7) is 4.28. The van der Waals surface area contributed by atoms with Crippen molar-refractivity contribution in [2.45, 2.75) is 58.8 Å². The van der Waals surface area contributed by atoms with Crippen molar-refractivity contribution in [1.82, 2.24) is 4.90 Å². The first-order valence-corrected chi connectivity index (χ1v) is 7.88. The van der Waals surface area contributed by atoms with Crippen LogP contribution in [0.3, 0.4) is 0 Å². The molecule has 0 saturated heterocycles. The van der Waals surface area contributed by atoms with Crippen LogP contribution in [0.25, 0.3) is 0 Å². The minimum Gasteiger partial charge on any atom is -0.349 e. The van der Waals surface area contributed by atoms with E-state index in [0.29, 0.717) is 5.92 Å². The third kappa shape index (κ3) is 5.80. The Morgan fingerprint density at radius 2 is 1.79 bits per heavy atom. The third-order valence-electron chi connectivity index (χ3n) is 4.31. The molecule has 0 N–H and O–H groups in total. The van der Waals surface area contributed by atoms with Gasteiger partial charge in [0.25, 0.3) is 0 Å². The quantitative estimate of drug-likeness (QED) is 0.657. The molecule has 1 fully saturated rings. The van der Waals surface area contributed by atoms with Crippen LogP contribution in [0.2, 0.25) is 0 Å². The molecule has 0 bridgehead atoms. The van der Waals surface area contributed by atoms with E-state index in [1.54, 1.807) is 4.90 Å². The molecule has 0 radical (unpaired) electrons. The lowest BCUT2D eigenvalue weighted by molar-refractivity contribution is -0.134. The number of nitrogens with zero attached hydrogens (tertiary/aromatic N) is 1. The summed E-state index contributed by atoms with van der Waals surface area (Å²) in [5.74, 6) is 1.70. The summed E-state index contributed by atoms with van der Waals surface area (Å²) < 4.78 is 0. The van der Waals surface area contributed by atoms with E-state index in [2.05, 4.69) is 26.0 Å². The molecule has 1 rings (SSSR count). The molecule has 0 spiro atoms. The molecule has 0 heterocycles. The average molecular weight is 265 g/mol. The van der Waals surface area contributed by atoms with Crippen molar-refractivity contribution in [3.63, 3.8) is 0 Å². The van der Waals surface area contributed by atoms with Gasteiger partial charge in [0.15, 0.2) is 0 Å². The Labute approximate surface area is 119 Å². The molecule has 1 aliphatic carbocycles. The van der Waals surface area contributed by atoms with Gasteiger partial charge in [-0.1, -0.05) is 58.1 Å². The van der Waals surface area contributed by atoms with E-state index >= 15 is 0 Å². The molecule has 1 amide bonds. The zero-order chi connectivity index (χ0) is 14.3. The summed E-state index contributed by atoms with van der Waals surface area (Å²) in [5, 5.41) is 0. The Bertz CT molecular complexity index is 288. The summed E-state index contributed by atoms with van der Waals surface area (Å²) >= 11 is 0. The fourth-order valence-corrected chi connectivity index (χ4v) is 2.94. The van der Waals surface area contributed by atoms with Crippen LogP contribution in [0.1, 0.15) is 58.8 Å². The van der Waals surface area contributed by atoms with Crippen LogP contribution in [-0.4, -0.2) is 24.9 Å². The first-order chi connectivity index (χ1) is 9.02. The Balaban J connectivity index is 2.36. The minimum absolute atomic E-state index is 0.137. The first-order valence-electron chi connectivity index (χ1n) is 7.88. The molecule has 1 atom stereocenters. The number of hydrogen-bond donors (Lipinski definition) is 0. The molecule has 0 aliphatic heterocycles. The van der Waals surface area contributed by atoms with Crippen LogP contribution in [-0.2, 0) is 4.79 Å². The topological polar surface area (TPSA) is 20.3 Å². The highest BCUT2D eigenvalue weighted by molar-refractivity contribution is 5.78. The van der Waals surface area contributed by atoms with Gasteiger partial charge in [-0.15, -0.1) is 0 Å². The number of allylic oxidation sites excluding steroid dienone is 2. The standard InChI is InChI=1S/C17H31NO/c1-14(2)16(17(19)18(3)4)13-9-8-12-15-10-6-5-7-11-15/h8-9,14-16H,5-7,10-13H2,1-4H3/t16-/m0/s1. The van der Waals surface area contributed by atoms with E-state index in [-0.39, 0.29) is 11.8 Å². The Kier molecular flexibility index (Phi) is 7.19. The zero-order valence-electron chi connectivity index (χ0n) is 13.2. The van der Waals surface area contributed by atoms with E-state index in [4.69, 9.17) is 0 Å². The lowest BCUT2D eigenvalue weighted by Gasteiger charge is -2.23. The van der Waals surface area contributed by atoms with Crippen molar-refractivity contribution < 1.29 is 4.79 Å². The van der Waals surface area contributed by atoms with Gasteiger partial charge < -0.3 is 4.90 Å². The van der Waals surface area contributed by atoms with Crippen LogP contribution in [0.5, 0.6) is 0 Å². The van der Waals surface area contributed by atoms with Gasteiger partial charge in [-0.25, -0.2) is 0 Å². The van der Waals surface area contributed by atoms with Gasteiger partial charge in [-0.3, -0.25) is 4.79 Å². The van der Waals surface area contributed by atoms with Gasteiger partial charge in [0.2, 0.25) is 5.91 Å². The molecule has 0 unspecified atom stereocenters. The Hall–Kier alpha value is -0.790. The van der Waals surface area contributed by atoms with E-state index in [0.717, 1.165) is 12.3 Å². The maximum Gasteiger partial charge on any atom is 0.225 e. The molecule has 19 heavy (non-hydrogen) atoms. The highest BCUT2D eigenvalue weighted by Crippen LogP contribution is 2.27. The van der Waals surface area contributed by atoms with Gasteiger partial charge in [-0.05, 0) is 24.7 Å². The van der Waals surface area contributed by atoms with Gasteiger partial charge >= 0.3 is 0 Å². The molecular formula is C17H31NO. The molecule has 2 nitrogen and oxygen atoms in total. The monoisotopic (exact) mass is 265 g/mol. The van der Waals surface area contributed by atoms with E-state index in [1.807, 2.05) is 14.1 Å². The summed E-state index contributed by atoms with van der Waals surface area (Å²) in [6, 6.07) is 0. The van der Waals surface area contributed by atoms with E-state index in [1.165, 1.54) is 38.5 Å². The van der Waals surface area contributed by atoms with Crippen LogP contribution in [0.4, 0.5) is 0 Å². The molecule has 0 aromatic heterocycles. The van der Waals surface area contributed by atoms with Gasteiger partial charge in [0.1, 0.15) is 0 Å². The number of rotatable bonds is 6. The predicted octanol–water partition coefficient (Wildman–Crippen LogP) is 4.26. The Morgan fingerprint density at radius 1 is 1.16 bits per heavy atom. The normalized spacial score (nSPS) is 19.0. The van der Waals surface area contributed by atoms with Crippen LogP contribution in [0, 0.1) is 17.8 Å². The smallest absolute Gasteiger partial charge is 0.225 e. The lowest BCUT2D eigenvalue weighted by atomic mass is 9.86. The molecule has 0 aromatic carbocycles. The molecular weight excluding hydrogens is 234 g/mol. The SMILES string of the molecule is CC(C)[C@H](CC=CCC1CCCCC1)C(=O)N(C)C. The summed E-state index contributed by atoms with van der Waals surface area (Å²) in [5.41, 5.74) is 0. The fourth-order valence-electron chi connectivity index (χ4n) is 2.94. The van der Waals surface area contributed by atoms with Crippen LogP contribution < -0.4 is 0 Å². The lowest BCUT2D eigenvalue weighted by Crippen LogP contribution is -2.32. The van der Waals surface area contributed by atoms with Crippen LogP contribution in [0.15, 0.2) is 12.2 Å². The summed E-state index contributed by atoms with van der Waals surface area (Å²) in [7, 11) is 3.70. The van der Waals surface area contributed by atoms with Crippen molar-refractivity contribution in [3.8, 4) is 0 Å². The van der Waals surface area contributed by atoms with Crippen molar-refractivity contribution in [2.24, 2.45) is 17.8 Å². The molecule has 2 heteroatoms. The number of carbonyl (C=O) groups excluding carboxylic acids is 1. The molecule has 0 aromatic rings. The number of amides is 1. The van der Waals surface area contributed by atoms with Gasteiger partial charge in [-0.2, -0.15) is 0 Å². The Morgan fingerprint density at radius 3 is 2.32 bits per heavy atom. The summed E-state index contributed by atoms with van der Waals surface area (Å²) in [4.78, 5) is 13.8. The van der Waals surface area contributed by atoms with E-state index < -0.39 is 0 Å². The molecule has 110 valence electrons. The molecule has 1 aliphatic rings. The van der Waals surface area contributed by atoms with Gasteiger partial charge in [0.05, 0.1) is 0 Å². The fraction of sp³-hybridized carbons (Fsp3) is 0.824. The predicted molar refractivity (Wildman–Crippen MR) is 82.0 cm³/mol. The van der Waals surface area contributed by atoms with Crippen molar-refractivity contribution >= 4 is 5.91 Å². The largest absolute Gasteiger partial charge is 0.349 e. The second-order valence-corrected chi connectivity index (χ2v) is 6.53. The first kappa shape index (κ1) is 16.3. The third-order valence-corrected chi connectivity index (χ3v) is 4.31. The number of carbonyl (C=O) groups is 1. The minimum atomic E-state index is 0.137. The van der Waals surface area contributed by atoms with Crippen molar-refractivity contribution in [1.29, 1.82) is 0 Å². The van der Waals surface area contributed by atoms with E-state index in [9.17, 15) is 4.79 Å². The average Bonchev–Trinajstić information content (AvgIpc) is 2.38. The highest BCUT2D eigenvalue weighted by Gasteiger charge is 2.22. The maximum absolute atomic E-state index is 12.1. The summed E-state index contributed by atoms with van der Waals surface area (Å²) in [6.07, 6.45) is 13.7. The second-order valence-electron chi connectivity index (χ2n) is 6.53. The molecule has 1 saturated carbocycles. The van der Waals surface area contributed by atoms with Crippen LogP contribution >= 0.6 is 0 Å². The van der Waals surface area contributed by atoms with Crippen molar-refractivity contribution in [2.75, 3.05) is 14.1 Å². The number of hydrogen-bond acceptors (Lipinski definition) is 1. The van der Waals surface area contributed by atoms with Gasteiger partial charge in [0, 0.05) is 20.0 Å². The highest BCUT2D eigenvalue weighted by atomic mass is 16.2.